The van der Waals surface area contributed by atoms with E-state index in [1.165, 1.54) is 23.4 Å². The molecular weight excluding hydrogens is 196 g/mol. The van der Waals surface area contributed by atoms with E-state index in [0.717, 1.165) is 11.4 Å². The van der Waals surface area contributed by atoms with Crippen LogP contribution in [0.4, 0.5) is 0 Å². The molecule has 4 nitrogen and oxygen atoms in total. The van der Waals surface area contributed by atoms with E-state index in [-0.39, 0.29) is 0 Å². The summed E-state index contributed by atoms with van der Waals surface area (Å²) in [7, 11) is 0. The Hall–Kier alpha value is -0.970. The summed E-state index contributed by atoms with van der Waals surface area (Å²) < 4.78 is 0. The maximum absolute atomic E-state index is 5.01. The molecule has 1 aliphatic carbocycles. The highest BCUT2D eigenvalue weighted by Gasteiger charge is 2.23. The molecule has 1 heterocycles. The Balaban J connectivity index is 2.21. The van der Waals surface area contributed by atoms with Crippen molar-refractivity contribution in [2.24, 2.45) is 16.2 Å². The first-order valence-corrected chi connectivity index (χ1v) is 5.66. The van der Waals surface area contributed by atoms with Crippen molar-refractivity contribution in [2.75, 3.05) is 6.54 Å². The van der Waals surface area contributed by atoms with Gasteiger partial charge in [-0.1, -0.05) is 5.22 Å². The highest BCUT2D eigenvalue weighted by Crippen LogP contribution is 2.34. The summed E-state index contributed by atoms with van der Waals surface area (Å²) in [6, 6.07) is 0. The van der Waals surface area contributed by atoms with Gasteiger partial charge in [0.2, 0.25) is 0 Å². The van der Waals surface area contributed by atoms with Gasteiger partial charge in [-0.2, -0.15) is 5.11 Å². The lowest BCUT2D eigenvalue weighted by molar-refractivity contribution is 0.544. The van der Waals surface area contributed by atoms with Crippen LogP contribution in [0.3, 0.4) is 0 Å². The SMILES string of the molecule is Cc1nc2c(s1)CCCC2CN=NN. The fourth-order valence-electron chi connectivity index (χ4n) is 1.95. The second-order valence-corrected chi connectivity index (χ2v) is 4.86. The summed E-state index contributed by atoms with van der Waals surface area (Å²) in [4.78, 5) is 6.00. The molecule has 1 atom stereocenters. The molecule has 76 valence electrons. The molecule has 0 spiro atoms. The zero-order chi connectivity index (χ0) is 9.97. The molecule has 0 saturated carbocycles. The van der Waals surface area contributed by atoms with Crippen LogP contribution in [-0.2, 0) is 6.42 Å². The number of fused-ring (bicyclic) bond motifs is 1. The first kappa shape index (κ1) is 9.58. The van der Waals surface area contributed by atoms with Gasteiger partial charge in [0, 0.05) is 10.8 Å². The zero-order valence-corrected chi connectivity index (χ0v) is 9.05. The van der Waals surface area contributed by atoms with E-state index >= 15 is 0 Å². The molecule has 14 heavy (non-hydrogen) atoms. The van der Waals surface area contributed by atoms with E-state index < -0.39 is 0 Å². The van der Waals surface area contributed by atoms with Crippen LogP contribution < -0.4 is 5.84 Å². The van der Waals surface area contributed by atoms with Crippen LogP contribution in [0.5, 0.6) is 0 Å². The van der Waals surface area contributed by atoms with Crippen LogP contribution in [0, 0.1) is 6.92 Å². The van der Waals surface area contributed by atoms with Crippen molar-refractivity contribution in [1.29, 1.82) is 0 Å². The summed E-state index contributed by atoms with van der Waals surface area (Å²) in [5.74, 6) is 5.45. The van der Waals surface area contributed by atoms with Crippen molar-refractivity contribution in [2.45, 2.75) is 32.1 Å². The van der Waals surface area contributed by atoms with E-state index in [9.17, 15) is 0 Å². The van der Waals surface area contributed by atoms with Crippen LogP contribution in [0.1, 0.15) is 34.3 Å². The van der Waals surface area contributed by atoms with Crippen LogP contribution in [0.15, 0.2) is 10.3 Å². The molecule has 5 heteroatoms. The summed E-state index contributed by atoms with van der Waals surface area (Å²) >= 11 is 1.81. The number of rotatable bonds is 2. The first-order chi connectivity index (χ1) is 6.81. The summed E-state index contributed by atoms with van der Waals surface area (Å²) in [6.07, 6.45) is 3.58. The van der Waals surface area contributed by atoms with Gasteiger partial charge in [0.1, 0.15) is 0 Å². The van der Waals surface area contributed by atoms with Crippen LogP contribution in [0.25, 0.3) is 0 Å². The van der Waals surface area contributed by atoms with E-state index in [4.69, 9.17) is 5.84 Å². The Morgan fingerprint density at radius 3 is 3.29 bits per heavy atom. The zero-order valence-electron chi connectivity index (χ0n) is 8.23. The number of hydrogen-bond acceptors (Lipinski definition) is 4. The molecule has 1 aliphatic rings. The van der Waals surface area contributed by atoms with Gasteiger partial charge in [0.15, 0.2) is 0 Å². The molecule has 0 radical (unpaired) electrons. The quantitative estimate of drug-likeness (QED) is 0.462. The molecule has 0 aromatic carbocycles. The van der Waals surface area contributed by atoms with E-state index in [0.29, 0.717) is 12.5 Å². The van der Waals surface area contributed by atoms with Gasteiger partial charge in [0.25, 0.3) is 0 Å². The highest BCUT2D eigenvalue weighted by molar-refractivity contribution is 7.11. The van der Waals surface area contributed by atoms with Gasteiger partial charge in [-0.25, -0.2) is 4.98 Å². The monoisotopic (exact) mass is 210 g/mol. The molecule has 1 unspecified atom stereocenters. The van der Waals surface area contributed by atoms with E-state index in [1.54, 1.807) is 0 Å². The molecular formula is C9H14N4S. The standard InChI is InChI=1S/C9H14N4S/c1-6-12-9-7(5-11-13-10)3-2-4-8(9)14-6/h7H,2-5H2,1H3,(H2,10,11). The average molecular weight is 210 g/mol. The molecule has 0 aliphatic heterocycles. The Morgan fingerprint density at radius 2 is 2.50 bits per heavy atom. The van der Waals surface area contributed by atoms with Gasteiger partial charge < -0.3 is 5.84 Å². The Labute approximate surface area is 87.2 Å². The number of nitrogens with zero attached hydrogens (tertiary/aromatic N) is 3. The molecule has 1 aromatic rings. The smallest absolute Gasteiger partial charge is 0.0900 e. The minimum atomic E-state index is 0.441. The second kappa shape index (κ2) is 4.04. The Morgan fingerprint density at radius 1 is 1.64 bits per heavy atom. The molecule has 0 amide bonds. The summed E-state index contributed by atoms with van der Waals surface area (Å²) in [5, 5.41) is 8.34. The molecule has 0 fully saturated rings. The Kier molecular flexibility index (Phi) is 2.77. The third-order valence-corrected chi connectivity index (χ3v) is 3.61. The maximum Gasteiger partial charge on any atom is 0.0900 e. The molecule has 0 bridgehead atoms. The number of aryl methyl sites for hydroxylation is 2. The van der Waals surface area contributed by atoms with Crippen LogP contribution in [0.2, 0.25) is 0 Å². The van der Waals surface area contributed by atoms with Crippen molar-refractivity contribution >= 4 is 11.3 Å². The van der Waals surface area contributed by atoms with E-state index in [1.807, 2.05) is 11.3 Å². The van der Waals surface area contributed by atoms with Gasteiger partial charge in [-0.05, 0) is 26.2 Å². The lowest BCUT2D eigenvalue weighted by Crippen LogP contribution is -2.11. The van der Waals surface area contributed by atoms with Crippen molar-refractivity contribution in [3.8, 4) is 0 Å². The topological polar surface area (TPSA) is 63.6 Å². The van der Waals surface area contributed by atoms with E-state index in [2.05, 4.69) is 22.2 Å². The normalized spacial score (nSPS) is 21.4. The molecule has 2 rings (SSSR count). The van der Waals surface area contributed by atoms with Crippen molar-refractivity contribution < 1.29 is 0 Å². The number of aromatic nitrogens is 1. The Bertz CT molecular complexity index is 345. The predicted octanol–water partition coefficient (Wildman–Crippen LogP) is 2.20. The van der Waals surface area contributed by atoms with Gasteiger partial charge in [-0.3, -0.25) is 0 Å². The van der Waals surface area contributed by atoms with Gasteiger partial charge in [-0.15, -0.1) is 11.3 Å². The fourth-order valence-corrected chi connectivity index (χ4v) is 3.02. The minimum Gasteiger partial charge on any atom is -0.305 e. The van der Waals surface area contributed by atoms with Gasteiger partial charge in [0.05, 0.1) is 17.2 Å². The summed E-state index contributed by atoms with van der Waals surface area (Å²) in [6.45, 7) is 2.75. The number of thiazole rings is 1. The van der Waals surface area contributed by atoms with Crippen molar-refractivity contribution in [3.63, 3.8) is 0 Å². The van der Waals surface area contributed by atoms with Crippen molar-refractivity contribution in [3.05, 3.63) is 15.6 Å². The molecule has 0 saturated heterocycles. The third kappa shape index (κ3) is 1.77. The molecule has 2 N–H and O–H groups in total. The number of nitrogens with two attached hydrogens (primary N) is 1. The fraction of sp³-hybridized carbons (Fsp3) is 0.667. The maximum atomic E-state index is 5.01. The third-order valence-electron chi connectivity index (χ3n) is 2.56. The highest BCUT2D eigenvalue weighted by atomic mass is 32.1. The first-order valence-electron chi connectivity index (χ1n) is 4.84. The minimum absolute atomic E-state index is 0.441. The average Bonchev–Trinajstić information content (AvgIpc) is 2.55. The largest absolute Gasteiger partial charge is 0.305 e. The number of hydrogen-bond donors (Lipinski definition) is 1. The van der Waals surface area contributed by atoms with Gasteiger partial charge >= 0.3 is 0 Å². The van der Waals surface area contributed by atoms with Crippen LogP contribution in [-0.4, -0.2) is 11.5 Å². The molecule has 1 aromatic heterocycles. The van der Waals surface area contributed by atoms with Crippen LogP contribution >= 0.6 is 11.3 Å². The predicted molar refractivity (Wildman–Crippen MR) is 56.4 cm³/mol. The second-order valence-electron chi connectivity index (χ2n) is 3.57. The lowest BCUT2D eigenvalue weighted by atomic mass is 9.91. The van der Waals surface area contributed by atoms with Crippen molar-refractivity contribution in [1.82, 2.24) is 4.98 Å². The lowest BCUT2D eigenvalue weighted by Gasteiger charge is -2.18. The summed E-state index contributed by atoms with van der Waals surface area (Å²) in [5.41, 5.74) is 1.24.